The molecule has 4 heteroatoms. The van der Waals surface area contributed by atoms with Gasteiger partial charge in [-0.25, -0.2) is 4.98 Å². The summed E-state index contributed by atoms with van der Waals surface area (Å²) in [4.78, 5) is 4.44. The van der Waals surface area contributed by atoms with Crippen molar-refractivity contribution in [2.24, 2.45) is 0 Å². The van der Waals surface area contributed by atoms with Crippen molar-refractivity contribution < 1.29 is 4.74 Å². The fourth-order valence-electron chi connectivity index (χ4n) is 1.82. The van der Waals surface area contributed by atoms with Crippen molar-refractivity contribution >= 4 is 26.7 Å². The Bertz CT molecular complexity index is 495. The topological polar surface area (TPSA) is 34.1 Å². The normalized spacial score (nSPS) is 10.8. The summed E-state index contributed by atoms with van der Waals surface area (Å²) in [6.07, 6.45) is 4.95. The average Bonchev–Trinajstić information content (AvgIpc) is 2.80. The molecule has 2 aromatic rings. The van der Waals surface area contributed by atoms with E-state index in [1.165, 1.54) is 24.0 Å². The van der Waals surface area contributed by atoms with E-state index in [1.807, 2.05) is 19.2 Å². The maximum absolute atomic E-state index is 5.76. The number of nitrogens with zero attached hydrogens (tertiary/aromatic N) is 1. The lowest BCUT2D eigenvalue weighted by Gasteiger charge is -2.05. The molecular weight excluding hydrogens is 244 g/mol. The number of hydrogen-bond acceptors (Lipinski definition) is 4. The zero-order valence-electron chi connectivity index (χ0n) is 11.0. The molecule has 98 valence electrons. The molecule has 0 aliphatic heterocycles. The lowest BCUT2D eigenvalue weighted by atomic mass is 10.2. The molecule has 0 atom stereocenters. The molecule has 0 fully saturated rings. The molecule has 3 nitrogen and oxygen atoms in total. The number of benzene rings is 1. The van der Waals surface area contributed by atoms with Gasteiger partial charge in [0.2, 0.25) is 0 Å². The molecule has 2 rings (SSSR count). The zero-order chi connectivity index (χ0) is 12.8. The van der Waals surface area contributed by atoms with E-state index >= 15 is 0 Å². The van der Waals surface area contributed by atoms with Crippen LogP contribution in [0.3, 0.4) is 0 Å². The first-order valence-corrected chi connectivity index (χ1v) is 7.36. The minimum Gasteiger partial charge on any atom is -0.494 e. The molecule has 1 N–H and O–H groups in total. The summed E-state index contributed by atoms with van der Waals surface area (Å²) in [5, 5.41) is 4.02. The van der Waals surface area contributed by atoms with E-state index in [9.17, 15) is 0 Å². The summed E-state index contributed by atoms with van der Waals surface area (Å²) >= 11 is 1.66. The quantitative estimate of drug-likeness (QED) is 0.757. The van der Waals surface area contributed by atoms with Crippen LogP contribution in [-0.4, -0.2) is 18.6 Å². The third-order valence-electron chi connectivity index (χ3n) is 2.84. The first-order valence-electron chi connectivity index (χ1n) is 6.54. The van der Waals surface area contributed by atoms with Crippen molar-refractivity contribution in [2.75, 3.05) is 19.0 Å². The molecule has 0 amide bonds. The predicted octanol–water partition coefficient (Wildman–Crippen LogP) is 4.30. The molecule has 1 heterocycles. The molecule has 1 aromatic carbocycles. The summed E-state index contributed by atoms with van der Waals surface area (Å²) in [6.45, 7) is 3.03. The number of nitrogens with one attached hydrogen (secondary N) is 1. The third kappa shape index (κ3) is 3.35. The summed E-state index contributed by atoms with van der Waals surface area (Å²) in [7, 11) is 1.89. The Kier molecular flexibility index (Phi) is 4.81. The van der Waals surface area contributed by atoms with Gasteiger partial charge < -0.3 is 10.1 Å². The maximum Gasteiger partial charge on any atom is 0.183 e. The lowest BCUT2D eigenvalue weighted by molar-refractivity contribution is 0.305. The minimum absolute atomic E-state index is 0.809. The number of rotatable bonds is 7. The van der Waals surface area contributed by atoms with Gasteiger partial charge in [0.05, 0.1) is 16.8 Å². The fraction of sp³-hybridized carbons (Fsp3) is 0.500. The molecule has 1 aromatic heterocycles. The second kappa shape index (κ2) is 6.59. The average molecular weight is 264 g/mol. The van der Waals surface area contributed by atoms with Crippen molar-refractivity contribution in [3.63, 3.8) is 0 Å². The van der Waals surface area contributed by atoms with Crippen LogP contribution in [0.1, 0.15) is 32.6 Å². The molecule has 18 heavy (non-hydrogen) atoms. The number of ether oxygens (including phenoxy) is 1. The number of anilines is 1. The number of unbranched alkanes of at least 4 members (excludes halogenated alkanes) is 3. The van der Waals surface area contributed by atoms with Gasteiger partial charge in [-0.1, -0.05) is 37.5 Å². The van der Waals surface area contributed by atoms with Gasteiger partial charge in [0.1, 0.15) is 5.75 Å². The van der Waals surface area contributed by atoms with E-state index in [1.54, 1.807) is 11.3 Å². The molecule has 0 aliphatic rings. The number of thiazole rings is 1. The van der Waals surface area contributed by atoms with Crippen LogP contribution in [-0.2, 0) is 0 Å². The van der Waals surface area contributed by atoms with E-state index in [0.717, 1.165) is 29.4 Å². The molecule has 0 saturated carbocycles. The van der Waals surface area contributed by atoms with Crippen LogP contribution in [0, 0.1) is 0 Å². The summed E-state index contributed by atoms with van der Waals surface area (Å²) < 4.78 is 6.93. The van der Waals surface area contributed by atoms with Crippen molar-refractivity contribution in [3.05, 3.63) is 18.2 Å². The van der Waals surface area contributed by atoms with Gasteiger partial charge in [-0.05, 0) is 24.6 Å². The van der Waals surface area contributed by atoms with Crippen molar-refractivity contribution in [1.29, 1.82) is 0 Å². The molecule has 0 radical (unpaired) electrons. The van der Waals surface area contributed by atoms with Crippen molar-refractivity contribution in [3.8, 4) is 5.75 Å². The van der Waals surface area contributed by atoms with Gasteiger partial charge in [0.15, 0.2) is 5.13 Å². The second-order valence-electron chi connectivity index (χ2n) is 4.31. The summed E-state index contributed by atoms with van der Waals surface area (Å²) in [5.41, 5.74) is 1.03. The zero-order valence-corrected chi connectivity index (χ0v) is 11.8. The number of fused-ring (bicyclic) bond motifs is 1. The predicted molar refractivity (Wildman–Crippen MR) is 78.8 cm³/mol. The minimum atomic E-state index is 0.809. The van der Waals surface area contributed by atoms with Crippen LogP contribution in [0.5, 0.6) is 5.75 Å². The highest BCUT2D eigenvalue weighted by Crippen LogP contribution is 2.28. The van der Waals surface area contributed by atoms with Crippen LogP contribution in [0.15, 0.2) is 18.2 Å². The molecule has 0 spiro atoms. The standard InChI is InChI=1S/C14H20N2OS/c1-3-4-5-6-9-17-11-7-8-12-13(10-11)18-14(15-2)16-12/h7-8,10H,3-6,9H2,1-2H3,(H,15,16). The molecule has 0 aliphatic carbocycles. The number of hydrogen-bond donors (Lipinski definition) is 1. The summed E-state index contributed by atoms with van der Waals surface area (Å²) in [5.74, 6) is 0.949. The molecule has 0 unspecified atom stereocenters. The Morgan fingerprint density at radius 2 is 2.17 bits per heavy atom. The largest absolute Gasteiger partial charge is 0.494 e. The van der Waals surface area contributed by atoms with E-state index in [4.69, 9.17) is 4.74 Å². The Morgan fingerprint density at radius 3 is 2.94 bits per heavy atom. The van der Waals surface area contributed by atoms with Gasteiger partial charge in [0.25, 0.3) is 0 Å². The fourth-order valence-corrected chi connectivity index (χ4v) is 2.67. The van der Waals surface area contributed by atoms with E-state index in [0.29, 0.717) is 0 Å². The van der Waals surface area contributed by atoms with Crippen molar-refractivity contribution in [1.82, 2.24) is 4.98 Å². The second-order valence-corrected chi connectivity index (χ2v) is 5.34. The Morgan fingerprint density at radius 1 is 1.28 bits per heavy atom. The monoisotopic (exact) mass is 264 g/mol. The van der Waals surface area contributed by atoms with Gasteiger partial charge >= 0.3 is 0 Å². The number of aromatic nitrogens is 1. The highest BCUT2D eigenvalue weighted by molar-refractivity contribution is 7.22. The Balaban J connectivity index is 1.93. The van der Waals surface area contributed by atoms with Crippen LogP contribution in [0.2, 0.25) is 0 Å². The highest BCUT2D eigenvalue weighted by atomic mass is 32.1. The lowest BCUT2D eigenvalue weighted by Crippen LogP contribution is -1.96. The highest BCUT2D eigenvalue weighted by Gasteiger charge is 2.03. The van der Waals surface area contributed by atoms with Gasteiger partial charge in [-0.15, -0.1) is 0 Å². The molecule has 0 bridgehead atoms. The van der Waals surface area contributed by atoms with Crippen LogP contribution >= 0.6 is 11.3 Å². The SMILES string of the molecule is CCCCCCOc1ccc2nc(NC)sc2c1. The maximum atomic E-state index is 5.76. The van der Waals surface area contributed by atoms with Crippen LogP contribution < -0.4 is 10.1 Å². The van der Waals surface area contributed by atoms with E-state index in [-0.39, 0.29) is 0 Å². The van der Waals surface area contributed by atoms with E-state index in [2.05, 4.69) is 23.3 Å². The van der Waals surface area contributed by atoms with Crippen LogP contribution in [0.4, 0.5) is 5.13 Å². The van der Waals surface area contributed by atoms with Gasteiger partial charge in [-0.3, -0.25) is 0 Å². The van der Waals surface area contributed by atoms with E-state index < -0.39 is 0 Å². The Labute approximate surface area is 112 Å². The van der Waals surface area contributed by atoms with Crippen LogP contribution in [0.25, 0.3) is 10.2 Å². The summed E-state index contributed by atoms with van der Waals surface area (Å²) in [6, 6.07) is 6.10. The first-order chi connectivity index (χ1) is 8.83. The molecule has 0 saturated heterocycles. The third-order valence-corrected chi connectivity index (χ3v) is 3.88. The van der Waals surface area contributed by atoms with Gasteiger partial charge in [-0.2, -0.15) is 0 Å². The van der Waals surface area contributed by atoms with Gasteiger partial charge in [0, 0.05) is 7.05 Å². The Hall–Kier alpha value is -1.29. The smallest absolute Gasteiger partial charge is 0.183 e. The first kappa shape index (κ1) is 13.1. The van der Waals surface area contributed by atoms with Crippen molar-refractivity contribution in [2.45, 2.75) is 32.6 Å². The molecular formula is C14H20N2OS.